The van der Waals surface area contributed by atoms with Crippen LogP contribution in [0, 0.1) is 0 Å². The van der Waals surface area contributed by atoms with E-state index in [-0.39, 0.29) is 23.5 Å². The number of carbonyl (C=O) groups is 1. The summed E-state index contributed by atoms with van der Waals surface area (Å²) in [4.78, 5) is 23.4. The number of hydrogen-bond donors (Lipinski definition) is 0. The van der Waals surface area contributed by atoms with Gasteiger partial charge in [0.2, 0.25) is 0 Å². The number of ketones is 1. The Balaban J connectivity index is 2.31. The highest BCUT2D eigenvalue weighted by Crippen LogP contribution is 2.21. The molecule has 1 aromatic heterocycles. The Labute approximate surface area is 113 Å². The summed E-state index contributed by atoms with van der Waals surface area (Å²) in [6.07, 6.45) is 1.44. The minimum Gasteiger partial charge on any atom is -0.292 e. The summed E-state index contributed by atoms with van der Waals surface area (Å²) < 4.78 is 1.07. The molecule has 4 nitrogen and oxygen atoms in total. The highest BCUT2D eigenvalue weighted by atomic mass is 35.5. The lowest BCUT2D eigenvalue weighted by molar-refractivity contribution is 0.0966. The third kappa shape index (κ3) is 2.78. The average molecular weight is 283 g/mol. The van der Waals surface area contributed by atoms with Crippen LogP contribution in [0.1, 0.15) is 10.4 Å². The normalized spacial score (nSPS) is 10.3. The van der Waals surface area contributed by atoms with Crippen molar-refractivity contribution in [3.63, 3.8) is 0 Å². The summed E-state index contributed by atoms with van der Waals surface area (Å²) in [5.41, 5.74) is -0.0641. The van der Waals surface area contributed by atoms with Crippen LogP contribution >= 0.6 is 23.2 Å². The minimum atomic E-state index is -0.344. The standard InChI is InChI=1S/C12H8Cl2N2O2/c13-8-3-4-10(14)9(6-8)11(17)7-16-12(18)2-1-5-15-16/h1-6H,7H2. The summed E-state index contributed by atoms with van der Waals surface area (Å²) in [5.74, 6) is -0.316. The van der Waals surface area contributed by atoms with Gasteiger partial charge in [0.15, 0.2) is 5.78 Å². The zero-order valence-electron chi connectivity index (χ0n) is 9.14. The number of carbonyl (C=O) groups excluding carboxylic acids is 1. The molecule has 18 heavy (non-hydrogen) atoms. The first-order chi connectivity index (χ1) is 8.58. The van der Waals surface area contributed by atoms with E-state index in [0.717, 1.165) is 4.68 Å². The number of Topliss-reactive ketones (excluding diaryl/α,β-unsaturated/α-hetero) is 1. The molecule has 0 saturated heterocycles. The van der Waals surface area contributed by atoms with Gasteiger partial charge in [-0.15, -0.1) is 0 Å². The number of rotatable bonds is 3. The van der Waals surface area contributed by atoms with Gasteiger partial charge in [0.25, 0.3) is 5.56 Å². The molecule has 1 aromatic carbocycles. The first kappa shape index (κ1) is 12.8. The van der Waals surface area contributed by atoms with Crippen molar-refractivity contribution < 1.29 is 4.79 Å². The van der Waals surface area contributed by atoms with Crippen LogP contribution in [-0.2, 0) is 6.54 Å². The van der Waals surface area contributed by atoms with Crippen LogP contribution in [0.25, 0.3) is 0 Å². The first-order valence-corrected chi connectivity index (χ1v) is 5.84. The molecular formula is C12H8Cl2N2O2. The lowest BCUT2D eigenvalue weighted by Crippen LogP contribution is -2.25. The third-order valence-corrected chi connectivity index (χ3v) is 2.87. The van der Waals surface area contributed by atoms with Gasteiger partial charge >= 0.3 is 0 Å². The third-order valence-electron chi connectivity index (χ3n) is 2.31. The largest absolute Gasteiger partial charge is 0.292 e. The Morgan fingerprint density at radius 2 is 2.06 bits per heavy atom. The monoisotopic (exact) mass is 282 g/mol. The molecule has 92 valence electrons. The van der Waals surface area contributed by atoms with E-state index in [1.165, 1.54) is 30.5 Å². The Hall–Kier alpha value is -1.65. The lowest BCUT2D eigenvalue weighted by atomic mass is 10.1. The van der Waals surface area contributed by atoms with E-state index in [1.807, 2.05) is 0 Å². The molecular weight excluding hydrogens is 275 g/mol. The van der Waals surface area contributed by atoms with E-state index in [2.05, 4.69) is 5.10 Å². The Bertz CT molecular complexity index is 653. The molecule has 0 radical (unpaired) electrons. The number of halogens is 2. The smallest absolute Gasteiger partial charge is 0.267 e. The van der Waals surface area contributed by atoms with Gasteiger partial charge in [-0.05, 0) is 24.3 Å². The predicted molar refractivity (Wildman–Crippen MR) is 69.3 cm³/mol. The van der Waals surface area contributed by atoms with Crippen molar-refractivity contribution in [1.29, 1.82) is 0 Å². The van der Waals surface area contributed by atoms with Crippen LogP contribution in [0.2, 0.25) is 10.0 Å². The molecule has 0 N–H and O–H groups in total. The van der Waals surface area contributed by atoms with Crippen molar-refractivity contribution in [2.45, 2.75) is 6.54 Å². The van der Waals surface area contributed by atoms with Gasteiger partial charge < -0.3 is 0 Å². The molecule has 0 aliphatic carbocycles. The molecule has 0 atom stereocenters. The molecule has 0 unspecified atom stereocenters. The fourth-order valence-corrected chi connectivity index (χ4v) is 1.83. The zero-order chi connectivity index (χ0) is 13.1. The number of aromatic nitrogens is 2. The van der Waals surface area contributed by atoms with Gasteiger partial charge in [-0.25, -0.2) is 4.68 Å². The van der Waals surface area contributed by atoms with Crippen molar-refractivity contribution in [1.82, 2.24) is 9.78 Å². The summed E-state index contributed by atoms with van der Waals surface area (Å²) in [5, 5.41) is 4.52. The maximum Gasteiger partial charge on any atom is 0.267 e. The fraction of sp³-hybridized carbons (Fsp3) is 0.0833. The Morgan fingerprint density at radius 1 is 1.28 bits per heavy atom. The van der Waals surface area contributed by atoms with E-state index in [4.69, 9.17) is 23.2 Å². The highest BCUT2D eigenvalue weighted by molar-refractivity contribution is 6.35. The summed E-state index contributed by atoms with van der Waals surface area (Å²) in [7, 11) is 0. The highest BCUT2D eigenvalue weighted by Gasteiger charge is 2.12. The Kier molecular flexibility index (Phi) is 3.79. The van der Waals surface area contributed by atoms with Crippen molar-refractivity contribution >= 4 is 29.0 Å². The Morgan fingerprint density at radius 3 is 2.78 bits per heavy atom. The molecule has 0 spiro atoms. The molecule has 0 aliphatic heterocycles. The molecule has 2 rings (SSSR count). The molecule has 0 fully saturated rings. The molecule has 0 saturated carbocycles. The second kappa shape index (κ2) is 5.33. The molecule has 0 amide bonds. The van der Waals surface area contributed by atoms with Crippen LogP contribution in [-0.4, -0.2) is 15.6 Å². The van der Waals surface area contributed by atoms with Crippen molar-refractivity contribution in [2.24, 2.45) is 0 Å². The van der Waals surface area contributed by atoms with E-state index < -0.39 is 0 Å². The van der Waals surface area contributed by atoms with Crippen LogP contribution < -0.4 is 5.56 Å². The maximum atomic E-state index is 12.0. The van der Waals surface area contributed by atoms with Gasteiger partial charge in [0, 0.05) is 22.8 Å². The van der Waals surface area contributed by atoms with Crippen LogP contribution in [0.3, 0.4) is 0 Å². The van der Waals surface area contributed by atoms with E-state index in [1.54, 1.807) is 6.07 Å². The average Bonchev–Trinajstić information content (AvgIpc) is 2.35. The molecule has 0 aliphatic rings. The van der Waals surface area contributed by atoms with Crippen LogP contribution in [0.15, 0.2) is 41.3 Å². The van der Waals surface area contributed by atoms with Crippen molar-refractivity contribution in [2.75, 3.05) is 0 Å². The number of hydrogen-bond acceptors (Lipinski definition) is 3. The molecule has 0 bridgehead atoms. The molecule has 1 heterocycles. The van der Waals surface area contributed by atoms with Crippen LogP contribution in [0.5, 0.6) is 0 Å². The summed E-state index contributed by atoms with van der Waals surface area (Å²) >= 11 is 11.7. The predicted octanol–water partition coefficient (Wildman–Crippen LogP) is 2.43. The number of benzene rings is 1. The summed E-state index contributed by atoms with van der Waals surface area (Å²) in [6.45, 7) is -0.167. The second-order valence-corrected chi connectivity index (χ2v) is 4.41. The van der Waals surface area contributed by atoms with Gasteiger partial charge in [-0.1, -0.05) is 23.2 Å². The van der Waals surface area contributed by atoms with Gasteiger partial charge in [-0.3, -0.25) is 9.59 Å². The SMILES string of the molecule is O=C(Cn1ncccc1=O)c1cc(Cl)ccc1Cl. The molecule has 6 heteroatoms. The first-order valence-electron chi connectivity index (χ1n) is 5.08. The van der Waals surface area contributed by atoms with Crippen molar-refractivity contribution in [3.05, 3.63) is 62.5 Å². The summed E-state index contributed by atoms with van der Waals surface area (Å²) in [6, 6.07) is 7.45. The quantitative estimate of drug-likeness (QED) is 0.813. The fourth-order valence-electron chi connectivity index (χ4n) is 1.44. The van der Waals surface area contributed by atoms with Gasteiger partial charge in [-0.2, -0.15) is 5.10 Å². The topological polar surface area (TPSA) is 52.0 Å². The second-order valence-electron chi connectivity index (χ2n) is 3.57. The molecule has 2 aromatic rings. The number of nitrogens with zero attached hydrogens (tertiary/aromatic N) is 2. The van der Waals surface area contributed by atoms with Crippen molar-refractivity contribution in [3.8, 4) is 0 Å². The van der Waals surface area contributed by atoms with E-state index in [9.17, 15) is 9.59 Å². The lowest BCUT2D eigenvalue weighted by Gasteiger charge is -2.05. The van der Waals surface area contributed by atoms with Gasteiger partial charge in [0.05, 0.1) is 5.02 Å². The maximum absolute atomic E-state index is 12.0. The van der Waals surface area contributed by atoms with Gasteiger partial charge in [0.1, 0.15) is 6.54 Å². The zero-order valence-corrected chi connectivity index (χ0v) is 10.6. The van der Waals surface area contributed by atoms with E-state index >= 15 is 0 Å². The van der Waals surface area contributed by atoms with E-state index in [0.29, 0.717) is 10.0 Å². The van der Waals surface area contributed by atoms with Crippen LogP contribution in [0.4, 0.5) is 0 Å². The minimum absolute atomic E-state index is 0.167.